The molecular formula is C16H24N6O. The van der Waals surface area contributed by atoms with Gasteiger partial charge < -0.3 is 10.2 Å². The molecule has 0 aliphatic carbocycles. The molecule has 0 saturated carbocycles. The fourth-order valence-corrected chi connectivity index (χ4v) is 3.18. The number of amides is 1. The Morgan fingerprint density at radius 3 is 2.87 bits per heavy atom. The number of anilines is 1. The van der Waals surface area contributed by atoms with Crippen molar-refractivity contribution in [2.24, 2.45) is 5.92 Å². The molecule has 0 aromatic carbocycles. The summed E-state index contributed by atoms with van der Waals surface area (Å²) < 4.78 is 1.77. The van der Waals surface area contributed by atoms with Crippen molar-refractivity contribution in [1.29, 1.82) is 0 Å². The van der Waals surface area contributed by atoms with Gasteiger partial charge in [0.25, 0.3) is 0 Å². The monoisotopic (exact) mass is 316 g/mol. The van der Waals surface area contributed by atoms with Crippen molar-refractivity contribution in [2.75, 3.05) is 24.5 Å². The van der Waals surface area contributed by atoms with Crippen molar-refractivity contribution < 1.29 is 4.79 Å². The van der Waals surface area contributed by atoms with Crippen molar-refractivity contribution in [2.45, 2.75) is 39.5 Å². The van der Waals surface area contributed by atoms with E-state index in [2.05, 4.69) is 38.5 Å². The smallest absolute Gasteiger partial charge is 0.216 e. The maximum Gasteiger partial charge on any atom is 0.216 e. The summed E-state index contributed by atoms with van der Waals surface area (Å²) in [6.45, 7) is 6.49. The summed E-state index contributed by atoms with van der Waals surface area (Å²) >= 11 is 0. The molecule has 7 heteroatoms. The molecule has 7 nitrogen and oxygen atoms in total. The molecule has 0 bridgehead atoms. The summed E-state index contributed by atoms with van der Waals surface area (Å²) in [4.78, 5) is 13.3. The van der Waals surface area contributed by atoms with Crippen LogP contribution in [0.3, 0.4) is 0 Å². The lowest BCUT2D eigenvalue weighted by Gasteiger charge is -2.33. The zero-order valence-corrected chi connectivity index (χ0v) is 13.8. The van der Waals surface area contributed by atoms with Crippen LogP contribution in [0.15, 0.2) is 12.4 Å². The van der Waals surface area contributed by atoms with E-state index in [0.29, 0.717) is 5.92 Å². The minimum Gasteiger partial charge on any atom is -0.368 e. The molecule has 0 atom stereocenters. The highest BCUT2D eigenvalue weighted by Gasteiger charge is 2.22. The zero-order valence-electron chi connectivity index (χ0n) is 13.8. The third kappa shape index (κ3) is 3.60. The Kier molecular flexibility index (Phi) is 4.73. The molecule has 0 radical (unpaired) electrons. The molecule has 2 aromatic rings. The number of nitrogens with zero attached hydrogens (tertiary/aromatic N) is 5. The molecule has 3 heterocycles. The van der Waals surface area contributed by atoms with Gasteiger partial charge in [-0.25, -0.2) is 0 Å². The van der Waals surface area contributed by atoms with Crippen LogP contribution in [-0.4, -0.2) is 45.4 Å². The first-order chi connectivity index (χ1) is 11.2. The van der Waals surface area contributed by atoms with Gasteiger partial charge in [0.05, 0.1) is 11.4 Å². The number of aromatic nitrogens is 4. The Morgan fingerprint density at radius 1 is 1.39 bits per heavy atom. The van der Waals surface area contributed by atoms with E-state index in [0.717, 1.165) is 62.3 Å². The number of carbonyl (C=O) groups is 1. The lowest BCUT2D eigenvalue weighted by Crippen LogP contribution is -2.35. The van der Waals surface area contributed by atoms with Crippen LogP contribution in [0.25, 0.3) is 5.65 Å². The van der Waals surface area contributed by atoms with Crippen molar-refractivity contribution in [1.82, 2.24) is 25.1 Å². The molecule has 1 amide bonds. The molecule has 0 spiro atoms. The number of carbonyl (C=O) groups excluding carboxylic acids is 1. The third-order valence-corrected chi connectivity index (χ3v) is 4.54. The van der Waals surface area contributed by atoms with Crippen LogP contribution in [0.2, 0.25) is 0 Å². The molecular weight excluding hydrogens is 292 g/mol. The van der Waals surface area contributed by atoms with Gasteiger partial charge in [0.2, 0.25) is 11.6 Å². The molecule has 1 N–H and O–H groups in total. The fourth-order valence-electron chi connectivity index (χ4n) is 3.18. The number of rotatable bonds is 5. The maximum absolute atomic E-state index is 10.9. The molecule has 0 unspecified atom stereocenters. The van der Waals surface area contributed by atoms with E-state index in [1.54, 1.807) is 17.8 Å². The highest BCUT2D eigenvalue weighted by molar-refractivity contribution is 5.72. The standard InChI is InChI=1S/C16H24N6O/c1-3-14-10-15(16-19-18-11-22(16)20-14)21-8-5-13(6-9-21)4-7-17-12(2)23/h10-11,13H,3-9H2,1-2H3,(H,17,23). The third-order valence-electron chi connectivity index (χ3n) is 4.54. The van der Waals surface area contributed by atoms with Gasteiger partial charge in [0, 0.05) is 26.6 Å². The van der Waals surface area contributed by atoms with Gasteiger partial charge in [-0.2, -0.15) is 9.61 Å². The van der Waals surface area contributed by atoms with E-state index < -0.39 is 0 Å². The van der Waals surface area contributed by atoms with E-state index in [4.69, 9.17) is 0 Å². The maximum atomic E-state index is 10.9. The normalized spacial score (nSPS) is 16.0. The number of hydrogen-bond acceptors (Lipinski definition) is 5. The second-order valence-electron chi connectivity index (χ2n) is 6.18. The summed E-state index contributed by atoms with van der Waals surface area (Å²) in [6, 6.07) is 2.14. The van der Waals surface area contributed by atoms with Crippen LogP contribution in [0.5, 0.6) is 0 Å². The zero-order chi connectivity index (χ0) is 16.2. The van der Waals surface area contributed by atoms with Gasteiger partial charge in [-0.15, -0.1) is 10.2 Å². The lowest BCUT2D eigenvalue weighted by atomic mass is 9.93. The summed E-state index contributed by atoms with van der Waals surface area (Å²) in [5, 5.41) is 15.6. The first-order valence-electron chi connectivity index (χ1n) is 8.36. The quantitative estimate of drug-likeness (QED) is 0.903. The van der Waals surface area contributed by atoms with E-state index >= 15 is 0 Å². The second kappa shape index (κ2) is 6.93. The molecule has 3 rings (SSSR count). The van der Waals surface area contributed by atoms with Crippen LogP contribution in [0, 0.1) is 5.92 Å². The second-order valence-corrected chi connectivity index (χ2v) is 6.18. The van der Waals surface area contributed by atoms with Gasteiger partial charge in [0.15, 0.2) is 0 Å². The predicted octanol–water partition coefficient (Wildman–Crippen LogP) is 1.43. The van der Waals surface area contributed by atoms with Crippen molar-refractivity contribution in [3.63, 3.8) is 0 Å². The number of fused-ring (bicyclic) bond motifs is 1. The van der Waals surface area contributed by atoms with Crippen LogP contribution in [-0.2, 0) is 11.2 Å². The minimum absolute atomic E-state index is 0.0560. The van der Waals surface area contributed by atoms with E-state index in [1.165, 1.54) is 0 Å². The van der Waals surface area contributed by atoms with E-state index in [-0.39, 0.29) is 5.91 Å². The van der Waals surface area contributed by atoms with Gasteiger partial charge in [-0.3, -0.25) is 4.79 Å². The Balaban J connectivity index is 1.65. The first kappa shape index (κ1) is 15.7. The van der Waals surface area contributed by atoms with Crippen molar-refractivity contribution in [3.8, 4) is 0 Å². The predicted molar refractivity (Wildman–Crippen MR) is 88.4 cm³/mol. The van der Waals surface area contributed by atoms with E-state index in [9.17, 15) is 4.79 Å². The summed E-state index contributed by atoms with van der Waals surface area (Å²) in [5.74, 6) is 0.736. The molecule has 1 fully saturated rings. The Morgan fingerprint density at radius 2 is 2.17 bits per heavy atom. The average Bonchev–Trinajstić information content (AvgIpc) is 3.02. The first-order valence-corrected chi connectivity index (χ1v) is 8.36. The topological polar surface area (TPSA) is 75.4 Å². The van der Waals surface area contributed by atoms with Gasteiger partial charge in [-0.1, -0.05) is 6.92 Å². The number of piperidine rings is 1. The Hall–Kier alpha value is -2.18. The SMILES string of the molecule is CCc1cc(N2CCC(CCNC(C)=O)CC2)c2nncn2n1. The van der Waals surface area contributed by atoms with Crippen LogP contribution >= 0.6 is 0 Å². The summed E-state index contributed by atoms with van der Waals surface area (Å²) in [7, 11) is 0. The molecule has 124 valence electrons. The highest BCUT2D eigenvalue weighted by Crippen LogP contribution is 2.27. The average molecular weight is 316 g/mol. The van der Waals surface area contributed by atoms with E-state index in [1.807, 2.05) is 0 Å². The lowest BCUT2D eigenvalue weighted by molar-refractivity contribution is -0.119. The fraction of sp³-hybridized carbons (Fsp3) is 0.625. The van der Waals surface area contributed by atoms with Crippen molar-refractivity contribution >= 4 is 17.2 Å². The van der Waals surface area contributed by atoms with Crippen LogP contribution < -0.4 is 10.2 Å². The summed E-state index contributed by atoms with van der Waals surface area (Å²) in [5.41, 5.74) is 3.02. The number of nitrogens with one attached hydrogen (secondary N) is 1. The van der Waals surface area contributed by atoms with Crippen LogP contribution in [0.4, 0.5) is 5.69 Å². The number of hydrogen-bond donors (Lipinski definition) is 1. The van der Waals surface area contributed by atoms with Gasteiger partial charge >= 0.3 is 0 Å². The number of aryl methyl sites for hydroxylation is 1. The Labute approximate surface area is 136 Å². The molecule has 1 aliphatic heterocycles. The summed E-state index contributed by atoms with van der Waals surface area (Å²) in [6.07, 6.45) is 5.91. The Bertz CT molecular complexity index is 674. The largest absolute Gasteiger partial charge is 0.368 e. The molecule has 1 saturated heterocycles. The van der Waals surface area contributed by atoms with Crippen molar-refractivity contribution in [3.05, 3.63) is 18.1 Å². The van der Waals surface area contributed by atoms with Gasteiger partial charge in [0.1, 0.15) is 6.33 Å². The van der Waals surface area contributed by atoms with Gasteiger partial charge in [-0.05, 0) is 37.7 Å². The highest BCUT2D eigenvalue weighted by atomic mass is 16.1. The molecule has 2 aromatic heterocycles. The van der Waals surface area contributed by atoms with Crippen LogP contribution in [0.1, 0.15) is 38.8 Å². The molecule has 23 heavy (non-hydrogen) atoms. The molecule has 1 aliphatic rings. The minimum atomic E-state index is 0.0560.